The van der Waals surface area contributed by atoms with E-state index in [9.17, 15) is 13.6 Å². The summed E-state index contributed by atoms with van der Waals surface area (Å²) < 4.78 is 26.3. The number of hydrogen-bond acceptors (Lipinski definition) is 2. The molecule has 0 aromatic heterocycles. The molecule has 0 radical (unpaired) electrons. The number of amides is 1. The van der Waals surface area contributed by atoms with Crippen molar-refractivity contribution in [3.8, 4) is 0 Å². The Balaban J connectivity index is 1.86. The lowest BCUT2D eigenvalue weighted by Crippen LogP contribution is -2.46. The van der Waals surface area contributed by atoms with Crippen molar-refractivity contribution in [2.75, 3.05) is 6.54 Å². The van der Waals surface area contributed by atoms with Gasteiger partial charge in [-0.2, -0.15) is 0 Å². The maximum Gasteiger partial charge on any atom is 0.238 e. The van der Waals surface area contributed by atoms with Gasteiger partial charge in [0.2, 0.25) is 5.91 Å². The molecule has 1 aliphatic heterocycles. The van der Waals surface area contributed by atoms with E-state index >= 15 is 0 Å². The minimum Gasteiger partial charge on any atom is -0.319 e. The van der Waals surface area contributed by atoms with Crippen molar-refractivity contribution < 1.29 is 13.6 Å². The van der Waals surface area contributed by atoms with Crippen molar-refractivity contribution >= 4 is 5.91 Å². The van der Waals surface area contributed by atoms with Gasteiger partial charge < -0.3 is 4.90 Å². The van der Waals surface area contributed by atoms with Crippen LogP contribution in [0.4, 0.5) is 8.78 Å². The molecule has 3 nitrogen and oxygen atoms in total. The molecule has 1 saturated carbocycles. The van der Waals surface area contributed by atoms with Crippen LogP contribution >= 0.6 is 0 Å². The molecule has 1 aromatic rings. The number of halogens is 2. The number of hydrogen-bond donors (Lipinski definition) is 1. The van der Waals surface area contributed by atoms with Crippen LogP contribution in [0.1, 0.15) is 31.5 Å². The molecule has 0 bridgehead atoms. The molecular weight excluding hydrogens is 250 g/mol. The normalized spacial score (nSPS) is 30.6. The van der Waals surface area contributed by atoms with Gasteiger partial charge in [-0.15, -0.1) is 0 Å². The molecule has 2 aliphatic rings. The number of nitrogens with one attached hydrogen (secondary N) is 1. The highest BCUT2D eigenvalue weighted by molar-refractivity contribution is 5.81. The Labute approximate surface area is 110 Å². The van der Waals surface area contributed by atoms with Crippen LogP contribution < -0.4 is 5.32 Å². The summed E-state index contributed by atoms with van der Waals surface area (Å²) in [7, 11) is 0. The molecule has 1 unspecified atom stereocenters. The highest BCUT2D eigenvalue weighted by atomic mass is 19.2. The third kappa shape index (κ3) is 2.12. The summed E-state index contributed by atoms with van der Waals surface area (Å²) >= 11 is 0. The molecule has 3 rings (SSSR count). The minimum atomic E-state index is -0.874. The Morgan fingerprint density at radius 2 is 2.00 bits per heavy atom. The zero-order valence-corrected chi connectivity index (χ0v) is 10.7. The van der Waals surface area contributed by atoms with Gasteiger partial charge in [-0.05, 0) is 36.5 Å². The van der Waals surface area contributed by atoms with E-state index in [1.165, 1.54) is 12.1 Å². The summed E-state index contributed by atoms with van der Waals surface area (Å²) in [5, 5.41) is 3.07. The Morgan fingerprint density at radius 3 is 2.63 bits per heavy atom. The lowest BCUT2D eigenvalue weighted by Gasteiger charge is -2.42. The van der Waals surface area contributed by atoms with Crippen LogP contribution in [0.2, 0.25) is 0 Å². The van der Waals surface area contributed by atoms with Gasteiger partial charge in [-0.25, -0.2) is 8.78 Å². The Morgan fingerprint density at radius 1 is 1.26 bits per heavy atom. The summed E-state index contributed by atoms with van der Waals surface area (Å²) in [6.45, 7) is 2.41. The van der Waals surface area contributed by atoms with Crippen LogP contribution in [0.3, 0.4) is 0 Å². The fraction of sp³-hybridized carbons (Fsp3) is 0.500. The quantitative estimate of drug-likeness (QED) is 0.890. The van der Waals surface area contributed by atoms with Crippen LogP contribution in [0.5, 0.6) is 0 Å². The Hall–Kier alpha value is -1.49. The maximum absolute atomic E-state index is 13.3. The van der Waals surface area contributed by atoms with Gasteiger partial charge in [0.1, 0.15) is 6.17 Å². The SMILES string of the molecule is CC1CC(N2C(=O)CNC2c2ccc(F)c(F)c2)C1. The third-order valence-corrected chi connectivity index (χ3v) is 4.01. The first-order valence-corrected chi connectivity index (χ1v) is 6.55. The molecule has 1 atom stereocenters. The number of carbonyl (C=O) groups is 1. The highest BCUT2D eigenvalue weighted by Gasteiger charge is 2.41. The summed E-state index contributed by atoms with van der Waals surface area (Å²) in [5.74, 6) is -1.08. The first-order chi connectivity index (χ1) is 9.06. The van der Waals surface area contributed by atoms with Gasteiger partial charge in [0.05, 0.1) is 6.54 Å². The minimum absolute atomic E-state index is 0.0339. The number of nitrogens with zero attached hydrogens (tertiary/aromatic N) is 1. The molecule has 1 N–H and O–H groups in total. The van der Waals surface area contributed by atoms with Crippen molar-refractivity contribution in [1.82, 2.24) is 10.2 Å². The number of carbonyl (C=O) groups excluding carboxylic acids is 1. The molecule has 1 heterocycles. The summed E-state index contributed by atoms with van der Waals surface area (Å²) in [6, 6.07) is 4.02. The third-order valence-electron chi connectivity index (χ3n) is 4.01. The fourth-order valence-corrected chi connectivity index (χ4v) is 2.98. The van der Waals surface area contributed by atoms with E-state index in [0.717, 1.165) is 18.9 Å². The monoisotopic (exact) mass is 266 g/mol. The Kier molecular flexibility index (Phi) is 3.01. The first kappa shape index (κ1) is 12.5. The van der Waals surface area contributed by atoms with Gasteiger partial charge in [0.15, 0.2) is 11.6 Å². The van der Waals surface area contributed by atoms with E-state index in [4.69, 9.17) is 0 Å². The molecule has 1 saturated heterocycles. The fourth-order valence-electron chi connectivity index (χ4n) is 2.98. The van der Waals surface area contributed by atoms with E-state index in [1.54, 1.807) is 4.90 Å². The zero-order valence-electron chi connectivity index (χ0n) is 10.7. The average Bonchev–Trinajstić information content (AvgIpc) is 2.71. The van der Waals surface area contributed by atoms with Crippen molar-refractivity contribution in [2.24, 2.45) is 5.92 Å². The highest BCUT2D eigenvalue weighted by Crippen LogP contribution is 2.37. The molecule has 5 heteroatoms. The molecule has 1 aromatic carbocycles. The predicted molar refractivity (Wildman–Crippen MR) is 66.1 cm³/mol. The van der Waals surface area contributed by atoms with E-state index in [2.05, 4.69) is 12.2 Å². The van der Waals surface area contributed by atoms with Crippen molar-refractivity contribution in [2.45, 2.75) is 32.0 Å². The van der Waals surface area contributed by atoms with Gasteiger partial charge in [0, 0.05) is 6.04 Å². The van der Waals surface area contributed by atoms with Crippen molar-refractivity contribution in [3.63, 3.8) is 0 Å². The molecule has 0 spiro atoms. The van der Waals surface area contributed by atoms with Gasteiger partial charge >= 0.3 is 0 Å². The van der Waals surface area contributed by atoms with Crippen molar-refractivity contribution in [1.29, 1.82) is 0 Å². The van der Waals surface area contributed by atoms with E-state index in [1.807, 2.05) is 0 Å². The lowest BCUT2D eigenvalue weighted by molar-refractivity contribution is -0.133. The average molecular weight is 266 g/mol. The first-order valence-electron chi connectivity index (χ1n) is 6.55. The van der Waals surface area contributed by atoms with E-state index in [0.29, 0.717) is 11.5 Å². The molecule has 1 amide bonds. The molecule has 2 fully saturated rings. The topological polar surface area (TPSA) is 32.3 Å². The molecule has 19 heavy (non-hydrogen) atoms. The van der Waals surface area contributed by atoms with Crippen LogP contribution in [0.25, 0.3) is 0 Å². The summed E-state index contributed by atoms with van der Waals surface area (Å²) in [5.41, 5.74) is 0.601. The maximum atomic E-state index is 13.3. The second kappa shape index (κ2) is 4.56. The van der Waals surface area contributed by atoms with E-state index < -0.39 is 11.6 Å². The Bertz CT molecular complexity index is 514. The van der Waals surface area contributed by atoms with Crippen LogP contribution in [-0.4, -0.2) is 23.4 Å². The molecular formula is C14H16F2N2O. The van der Waals surface area contributed by atoms with E-state index in [-0.39, 0.29) is 24.7 Å². The second-order valence-corrected chi connectivity index (χ2v) is 5.49. The van der Waals surface area contributed by atoms with Crippen LogP contribution in [-0.2, 0) is 4.79 Å². The van der Waals surface area contributed by atoms with Crippen molar-refractivity contribution in [3.05, 3.63) is 35.4 Å². The predicted octanol–water partition coefficient (Wildman–Crippen LogP) is 2.19. The van der Waals surface area contributed by atoms with Gasteiger partial charge in [-0.3, -0.25) is 10.1 Å². The summed E-state index contributed by atoms with van der Waals surface area (Å²) in [6.07, 6.45) is 1.63. The van der Waals surface area contributed by atoms with Gasteiger partial charge in [-0.1, -0.05) is 13.0 Å². The smallest absolute Gasteiger partial charge is 0.238 e. The van der Waals surface area contributed by atoms with Crippen LogP contribution in [0.15, 0.2) is 18.2 Å². The molecule has 1 aliphatic carbocycles. The largest absolute Gasteiger partial charge is 0.319 e. The van der Waals surface area contributed by atoms with Crippen LogP contribution in [0, 0.1) is 17.6 Å². The molecule has 102 valence electrons. The van der Waals surface area contributed by atoms with Gasteiger partial charge in [0.25, 0.3) is 0 Å². The number of rotatable bonds is 2. The summed E-state index contributed by atoms with van der Waals surface area (Å²) in [4.78, 5) is 13.7. The standard InChI is InChI=1S/C14H16F2N2O/c1-8-4-10(5-8)18-13(19)7-17-14(18)9-2-3-11(15)12(16)6-9/h2-3,6,8,10,14,17H,4-5,7H2,1H3. The number of benzene rings is 1. The second-order valence-electron chi connectivity index (χ2n) is 5.49. The lowest BCUT2D eigenvalue weighted by atomic mass is 9.80. The zero-order chi connectivity index (χ0) is 13.6.